The summed E-state index contributed by atoms with van der Waals surface area (Å²) in [4.78, 5) is 16.7. The van der Waals surface area contributed by atoms with Gasteiger partial charge in [-0.3, -0.25) is 4.79 Å². The summed E-state index contributed by atoms with van der Waals surface area (Å²) in [5, 5.41) is 0. The van der Waals surface area contributed by atoms with Gasteiger partial charge in [0, 0.05) is 39.1 Å². The SMILES string of the molecule is CCN1C[C@H](c2ccccc2)CC2(CCN(C(=O)CCN)CC2)C1. The Morgan fingerprint density at radius 3 is 2.58 bits per heavy atom. The van der Waals surface area contributed by atoms with E-state index < -0.39 is 0 Å². The van der Waals surface area contributed by atoms with E-state index >= 15 is 0 Å². The van der Waals surface area contributed by atoms with Gasteiger partial charge in [0.25, 0.3) is 0 Å². The van der Waals surface area contributed by atoms with Crippen molar-refractivity contribution >= 4 is 5.91 Å². The minimum absolute atomic E-state index is 0.232. The zero-order chi connectivity index (χ0) is 17.0. The molecule has 4 nitrogen and oxygen atoms in total. The first-order chi connectivity index (χ1) is 11.7. The van der Waals surface area contributed by atoms with Crippen molar-refractivity contribution in [2.75, 3.05) is 39.3 Å². The Morgan fingerprint density at radius 2 is 1.96 bits per heavy atom. The second kappa shape index (κ2) is 7.66. The number of hydrogen-bond acceptors (Lipinski definition) is 3. The average molecular weight is 329 g/mol. The molecule has 1 spiro atoms. The zero-order valence-electron chi connectivity index (χ0n) is 14.9. The highest BCUT2D eigenvalue weighted by Crippen LogP contribution is 2.45. The molecule has 2 fully saturated rings. The van der Waals surface area contributed by atoms with Crippen LogP contribution in [0.15, 0.2) is 30.3 Å². The average Bonchev–Trinajstić information content (AvgIpc) is 2.63. The lowest BCUT2D eigenvalue weighted by atomic mass is 9.68. The molecule has 2 aliphatic rings. The van der Waals surface area contributed by atoms with Crippen LogP contribution in [0.2, 0.25) is 0 Å². The Balaban J connectivity index is 1.69. The number of carbonyl (C=O) groups excluding carboxylic acids is 1. The Hall–Kier alpha value is -1.39. The molecule has 2 saturated heterocycles. The normalized spacial score (nSPS) is 24.2. The molecule has 2 heterocycles. The van der Waals surface area contributed by atoms with E-state index in [1.807, 2.05) is 4.90 Å². The largest absolute Gasteiger partial charge is 0.343 e. The first-order valence-electron chi connectivity index (χ1n) is 9.41. The quantitative estimate of drug-likeness (QED) is 0.923. The summed E-state index contributed by atoms with van der Waals surface area (Å²) in [5.41, 5.74) is 7.38. The van der Waals surface area contributed by atoms with Crippen molar-refractivity contribution in [3.63, 3.8) is 0 Å². The molecule has 0 radical (unpaired) electrons. The molecule has 4 heteroatoms. The number of benzene rings is 1. The van der Waals surface area contributed by atoms with Gasteiger partial charge in [0.15, 0.2) is 0 Å². The molecule has 132 valence electrons. The topological polar surface area (TPSA) is 49.6 Å². The van der Waals surface area contributed by atoms with Gasteiger partial charge >= 0.3 is 0 Å². The second-order valence-corrected chi connectivity index (χ2v) is 7.56. The fraction of sp³-hybridized carbons (Fsp3) is 0.650. The summed E-state index contributed by atoms with van der Waals surface area (Å²) in [6, 6.07) is 11.0. The van der Waals surface area contributed by atoms with Crippen molar-refractivity contribution in [2.45, 2.75) is 38.5 Å². The fourth-order valence-corrected chi connectivity index (χ4v) is 4.57. The summed E-state index contributed by atoms with van der Waals surface area (Å²) >= 11 is 0. The van der Waals surface area contributed by atoms with Crippen LogP contribution in [0.25, 0.3) is 0 Å². The standard InChI is InChI=1S/C20H31N3O/c1-2-22-15-18(17-6-4-3-5-7-17)14-20(16-22)9-12-23(13-10-20)19(24)8-11-21/h3-7,18H,2,8-16,21H2,1H3/t18-/m1/s1. The molecule has 1 amide bonds. The van der Waals surface area contributed by atoms with E-state index in [9.17, 15) is 4.79 Å². The van der Waals surface area contributed by atoms with Crippen LogP contribution in [0.3, 0.4) is 0 Å². The number of carbonyl (C=O) groups is 1. The maximum absolute atomic E-state index is 12.1. The molecule has 0 aromatic heterocycles. The molecule has 1 aromatic carbocycles. The molecule has 1 aromatic rings. The van der Waals surface area contributed by atoms with Crippen LogP contribution < -0.4 is 5.73 Å². The van der Waals surface area contributed by atoms with Gasteiger partial charge in [-0.15, -0.1) is 0 Å². The summed E-state index contributed by atoms with van der Waals surface area (Å²) < 4.78 is 0. The minimum atomic E-state index is 0.232. The molecule has 3 rings (SSSR count). The van der Waals surface area contributed by atoms with Crippen LogP contribution in [0, 0.1) is 5.41 Å². The number of nitrogens with zero attached hydrogens (tertiary/aromatic N) is 2. The second-order valence-electron chi connectivity index (χ2n) is 7.56. The van der Waals surface area contributed by atoms with Gasteiger partial charge in [-0.1, -0.05) is 37.3 Å². The number of likely N-dealkylation sites (tertiary alicyclic amines) is 2. The van der Waals surface area contributed by atoms with Crippen molar-refractivity contribution in [1.82, 2.24) is 9.80 Å². The van der Waals surface area contributed by atoms with E-state index in [4.69, 9.17) is 5.73 Å². The monoisotopic (exact) mass is 329 g/mol. The number of hydrogen-bond donors (Lipinski definition) is 1. The predicted molar refractivity (Wildman–Crippen MR) is 97.8 cm³/mol. The highest BCUT2D eigenvalue weighted by Gasteiger charge is 2.42. The van der Waals surface area contributed by atoms with Gasteiger partial charge in [0.05, 0.1) is 0 Å². The third-order valence-electron chi connectivity index (χ3n) is 5.97. The maximum Gasteiger partial charge on any atom is 0.223 e. The minimum Gasteiger partial charge on any atom is -0.343 e. The number of nitrogens with two attached hydrogens (primary N) is 1. The summed E-state index contributed by atoms with van der Waals surface area (Å²) in [7, 11) is 0. The number of rotatable bonds is 4. The zero-order valence-corrected chi connectivity index (χ0v) is 14.9. The highest BCUT2D eigenvalue weighted by molar-refractivity contribution is 5.76. The van der Waals surface area contributed by atoms with E-state index in [1.165, 1.54) is 18.5 Å². The van der Waals surface area contributed by atoms with Gasteiger partial charge < -0.3 is 15.5 Å². The number of amides is 1. The first kappa shape index (κ1) is 17.4. The highest BCUT2D eigenvalue weighted by atomic mass is 16.2. The van der Waals surface area contributed by atoms with Crippen LogP contribution in [0.4, 0.5) is 0 Å². The van der Waals surface area contributed by atoms with E-state index in [0.29, 0.717) is 24.3 Å². The smallest absolute Gasteiger partial charge is 0.223 e. The van der Waals surface area contributed by atoms with E-state index in [2.05, 4.69) is 42.2 Å². The Morgan fingerprint density at radius 1 is 1.25 bits per heavy atom. The Kier molecular flexibility index (Phi) is 5.57. The van der Waals surface area contributed by atoms with Crippen LogP contribution in [-0.4, -0.2) is 55.0 Å². The Bertz CT molecular complexity index is 537. The lowest BCUT2D eigenvalue weighted by Gasteiger charge is -2.50. The third-order valence-corrected chi connectivity index (χ3v) is 5.97. The van der Waals surface area contributed by atoms with Gasteiger partial charge in [-0.25, -0.2) is 0 Å². The van der Waals surface area contributed by atoms with E-state index in [1.54, 1.807) is 0 Å². The number of likely N-dealkylation sites (N-methyl/N-ethyl adjacent to an activating group) is 1. The van der Waals surface area contributed by atoms with Gasteiger partial charge in [-0.2, -0.15) is 0 Å². The fourth-order valence-electron chi connectivity index (χ4n) is 4.57. The van der Waals surface area contributed by atoms with Crippen molar-refractivity contribution < 1.29 is 4.79 Å². The summed E-state index contributed by atoms with van der Waals surface area (Å²) in [5.74, 6) is 0.848. The van der Waals surface area contributed by atoms with Crippen molar-refractivity contribution in [3.8, 4) is 0 Å². The first-order valence-corrected chi connectivity index (χ1v) is 9.41. The maximum atomic E-state index is 12.1. The van der Waals surface area contributed by atoms with E-state index in [0.717, 1.165) is 39.0 Å². The lowest BCUT2D eigenvalue weighted by Crippen LogP contribution is -2.52. The van der Waals surface area contributed by atoms with Crippen molar-refractivity contribution in [1.29, 1.82) is 0 Å². The molecular weight excluding hydrogens is 298 g/mol. The summed E-state index contributed by atoms with van der Waals surface area (Å²) in [6.45, 7) is 7.99. The van der Waals surface area contributed by atoms with Crippen molar-refractivity contribution in [3.05, 3.63) is 35.9 Å². The van der Waals surface area contributed by atoms with Crippen LogP contribution in [-0.2, 0) is 4.79 Å². The molecular formula is C20H31N3O. The lowest BCUT2D eigenvalue weighted by molar-refractivity contribution is -0.134. The van der Waals surface area contributed by atoms with E-state index in [-0.39, 0.29) is 5.91 Å². The molecule has 2 aliphatic heterocycles. The molecule has 0 aliphatic carbocycles. The van der Waals surface area contributed by atoms with Crippen LogP contribution in [0.5, 0.6) is 0 Å². The van der Waals surface area contributed by atoms with Gasteiger partial charge in [-0.05, 0) is 42.7 Å². The third kappa shape index (κ3) is 3.81. The molecule has 0 bridgehead atoms. The predicted octanol–water partition coefficient (Wildman–Crippen LogP) is 2.45. The molecule has 0 saturated carbocycles. The molecule has 1 atom stereocenters. The van der Waals surface area contributed by atoms with Crippen LogP contribution in [0.1, 0.15) is 44.1 Å². The summed E-state index contributed by atoms with van der Waals surface area (Å²) in [6.07, 6.45) is 4.00. The van der Waals surface area contributed by atoms with Gasteiger partial charge in [0.1, 0.15) is 0 Å². The molecule has 24 heavy (non-hydrogen) atoms. The van der Waals surface area contributed by atoms with Crippen LogP contribution >= 0.6 is 0 Å². The van der Waals surface area contributed by atoms with Gasteiger partial charge in [0.2, 0.25) is 5.91 Å². The molecule has 2 N–H and O–H groups in total. The van der Waals surface area contributed by atoms with Crippen molar-refractivity contribution in [2.24, 2.45) is 11.1 Å². The number of piperidine rings is 2. The Labute approximate surface area is 146 Å². The molecule has 0 unspecified atom stereocenters.